The van der Waals surface area contributed by atoms with E-state index in [2.05, 4.69) is 41.2 Å². The van der Waals surface area contributed by atoms with Gasteiger partial charge in [-0.2, -0.15) is 0 Å². The van der Waals surface area contributed by atoms with Gasteiger partial charge in [-0.15, -0.1) is 0 Å². The van der Waals surface area contributed by atoms with Crippen LogP contribution in [0.5, 0.6) is 0 Å². The van der Waals surface area contributed by atoms with Gasteiger partial charge in [-0.25, -0.2) is 0 Å². The molecular formula is C23H52. The van der Waals surface area contributed by atoms with Gasteiger partial charge in [0.1, 0.15) is 0 Å². The second-order valence-electron chi connectivity index (χ2n) is 6.34. The molecule has 2 unspecified atom stereocenters. The van der Waals surface area contributed by atoms with E-state index in [4.69, 9.17) is 0 Å². The summed E-state index contributed by atoms with van der Waals surface area (Å²) in [7, 11) is 0. The fourth-order valence-electron chi connectivity index (χ4n) is 2.42. The van der Waals surface area contributed by atoms with Gasteiger partial charge < -0.3 is 0 Å². The van der Waals surface area contributed by atoms with Crippen molar-refractivity contribution in [1.29, 1.82) is 0 Å². The molecule has 0 nitrogen and oxygen atoms in total. The lowest BCUT2D eigenvalue weighted by molar-refractivity contribution is 0.379. The summed E-state index contributed by atoms with van der Waals surface area (Å²) in [5.41, 5.74) is 3.01. The SMILES string of the molecule is C.C.C.C.C=CC(C)=C1CCC1.CCCCC(C)CC(C)CC. The minimum atomic E-state index is 0. The fourth-order valence-corrected chi connectivity index (χ4v) is 2.42. The molecule has 0 amide bonds. The van der Waals surface area contributed by atoms with Crippen LogP contribution < -0.4 is 0 Å². The highest BCUT2D eigenvalue weighted by Gasteiger charge is 2.09. The van der Waals surface area contributed by atoms with Crippen molar-refractivity contribution in [2.24, 2.45) is 11.8 Å². The Morgan fingerprint density at radius 2 is 1.57 bits per heavy atom. The lowest BCUT2D eigenvalue weighted by Crippen LogP contribution is -2.01. The first kappa shape index (κ1) is 33.9. The molecule has 1 fully saturated rings. The zero-order valence-corrected chi connectivity index (χ0v) is 14.1. The van der Waals surface area contributed by atoms with E-state index in [0.29, 0.717) is 0 Å². The average Bonchev–Trinajstić information content (AvgIpc) is 2.34. The van der Waals surface area contributed by atoms with E-state index in [1.54, 1.807) is 5.57 Å². The normalized spacial score (nSPS) is 13.9. The van der Waals surface area contributed by atoms with Gasteiger partial charge in [-0.3, -0.25) is 0 Å². The number of allylic oxidation sites excluding steroid dienone is 3. The van der Waals surface area contributed by atoms with Crippen molar-refractivity contribution in [2.45, 2.75) is 116 Å². The summed E-state index contributed by atoms with van der Waals surface area (Å²) >= 11 is 0. The molecule has 1 aliphatic carbocycles. The first-order valence-electron chi connectivity index (χ1n) is 8.36. The van der Waals surface area contributed by atoms with Gasteiger partial charge in [0, 0.05) is 0 Å². The highest BCUT2D eigenvalue weighted by Crippen LogP contribution is 2.28. The van der Waals surface area contributed by atoms with Gasteiger partial charge in [-0.1, -0.05) is 107 Å². The molecule has 0 aromatic carbocycles. The van der Waals surface area contributed by atoms with Gasteiger partial charge in [0.15, 0.2) is 0 Å². The van der Waals surface area contributed by atoms with Crippen LogP contribution in [0.4, 0.5) is 0 Å². The Balaban J connectivity index is -0.0000000820. The van der Waals surface area contributed by atoms with Crippen molar-refractivity contribution in [2.75, 3.05) is 0 Å². The number of hydrogen-bond acceptors (Lipinski definition) is 0. The number of rotatable bonds is 7. The molecule has 144 valence electrons. The van der Waals surface area contributed by atoms with Gasteiger partial charge in [0.05, 0.1) is 0 Å². The molecule has 1 aliphatic rings. The first-order valence-corrected chi connectivity index (χ1v) is 8.36. The molecular weight excluding hydrogens is 276 g/mol. The molecule has 1 rings (SSSR count). The van der Waals surface area contributed by atoms with Crippen molar-refractivity contribution in [3.63, 3.8) is 0 Å². The Labute approximate surface area is 151 Å². The molecule has 0 aromatic rings. The first-order chi connectivity index (χ1) is 9.04. The molecule has 0 heteroatoms. The zero-order chi connectivity index (χ0) is 14.7. The van der Waals surface area contributed by atoms with E-state index in [0.717, 1.165) is 11.8 Å². The fraction of sp³-hybridized carbons (Fsp3) is 0.826. The minimum Gasteiger partial charge on any atom is -0.0988 e. The molecule has 2 atom stereocenters. The molecule has 0 saturated heterocycles. The molecule has 0 aromatic heterocycles. The molecule has 0 heterocycles. The third-order valence-corrected chi connectivity index (χ3v) is 4.37. The molecule has 0 bridgehead atoms. The maximum Gasteiger partial charge on any atom is -0.0312 e. The molecule has 1 saturated carbocycles. The molecule has 0 N–H and O–H groups in total. The second kappa shape index (κ2) is 21.5. The number of unbranched alkanes of at least 4 members (excludes halogenated alkanes) is 1. The Bertz CT molecular complexity index is 253. The van der Waals surface area contributed by atoms with Crippen molar-refractivity contribution in [3.8, 4) is 0 Å². The van der Waals surface area contributed by atoms with E-state index >= 15 is 0 Å². The summed E-state index contributed by atoms with van der Waals surface area (Å²) < 4.78 is 0. The van der Waals surface area contributed by atoms with Gasteiger partial charge in [0.2, 0.25) is 0 Å². The summed E-state index contributed by atoms with van der Waals surface area (Å²) in [6, 6.07) is 0. The topological polar surface area (TPSA) is 0 Å². The van der Waals surface area contributed by atoms with Crippen LogP contribution in [0.2, 0.25) is 0 Å². The average molecular weight is 329 g/mol. The Morgan fingerprint density at radius 3 is 1.83 bits per heavy atom. The smallest absolute Gasteiger partial charge is 0.0312 e. The Kier molecular flexibility index (Phi) is 31.7. The standard InChI is InChI=1S/C11H24.C8H12.4CH4/c1-5-7-8-11(4)9-10(3)6-2;1-3-7(2)8-5-4-6-8;;;;/h10-11H,5-9H2,1-4H3;3H,1,4-6H2,2H3;4*1H4. The van der Waals surface area contributed by atoms with E-state index in [-0.39, 0.29) is 29.7 Å². The van der Waals surface area contributed by atoms with Crippen LogP contribution in [-0.2, 0) is 0 Å². The zero-order valence-electron chi connectivity index (χ0n) is 14.1. The maximum absolute atomic E-state index is 3.71. The highest BCUT2D eigenvalue weighted by atomic mass is 14.1. The number of hydrogen-bond donors (Lipinski definition) is 0. The van der Waals surface area contributed by atoms with Gasteiger partial charge in [0.25, 0.3) is 0 Å². The quantitative estimate of drug-likeness (QED) is 0.436. The summed E-state index contributed by atoms with van der Waals surface area (Å²) in [4.78, 5) is 0. The molecule has 23 heavy (non-hydrogen) atoms. The lowest BCUT2D eigenvalue weighted by atomic mass is 9.88. The third kappa shape index (κ3) is 17.7. The van der Waals surface area contributed by atoms with Crippen LogP contribution in [0.3, 0.4) is 0 Å². The van der Waals surface area contributed by atoms with Crippen molar-refractivity contribution in [1.82, 2.24) is 0 Å². The second-order valence-corrected chi connectivity index (χ2v) is 6.34. The van der Waals surface area contributed by atoms with Gasteiger partial charge >= 0.3 is 0 Å². The predicted molar refractivity (Wildman–Crippen MR) is 116 cm³/mol. The van der Waals surface area contributed by atoms with Crippen molar-refractivity contribution in [3.05, 3.63) is 23.8 Å². The summed E-state index contributed by atoms with van der Waals surface area (Å²) in [5, 5.41) is 0. The monoisotopic (exact) mass is 328 g/mol. The van der Waals surface area contributed by atoms with Crippen LogP contribution in [0.15, 0.2) is 23.8 Å². The van der Waals surface area contributed by atoms with E-state index in [1.807, 2.05) is 6.08 Å². The highest BCUT2D eigenvalue weighted by molar-refractivity contribution is 5.25. The van der Waals surface area contributed by atoms with Crippen molar-refractivity contribution < 1.29 is 0 Å². The van der Waals surface area contributed by atoms with Crippen molar-refractivity contribution >= 4 is 0 Å². The largest absolute Gasteiger partial charge is 0.0988 e. The van der Waals surface area contributed by atoms with E-state index in [9.17, 15) is 0 Å². The van der Waals surface area contributed by atoms with E-state index in [1.165, 1.54) is 56.9 Å². The molecule has 0 spiro atoms. The van der Waals surface area contributed by atoms with Crippen LogP contribution in [-0.4, -0.2) is 0 Å². The predicted octanol–water partition coefficient (Wildman–Crippen LogP) is 9.47. The van der Waals surface area contributed by atoms with Gasteiger partial charge in [-0.05, 0) is 44.4 Å². The summed E-state index contributed by atoms with van der Waals surface area (Å²) in [6.45, 7) is 15.2. The Morgan fingerprint density at radius 1 is 1.04 bits per heavy atom. The third-order valence-electron chi connectivity index (χ3n) is 4.37. The minimum absolute atomic E-state index is 0. The Hall–Kier alpha value is -0.520. The van der Waals surface area contributed by atoms with Crippen LogP contribution in [0.1, 0.15) is 116 Å². The summed E-state index contributed by atoms with van der Waals surface area (Å²) in [6.07, 6.45) is 12.9. The molecule has 0 radical (unpaired) electrons. The van der Waals surface area contributed by atoms with E-state index < -0.39 is 0 Å². The van der Waals surface area contributed by atoms with Crippen LogP contribution >= 0.6 is 0 Å². The van der Waals surface area contributed by atoms with Crippen LogP contribution in [0.25, 0.3) is 0 Å². The summed E-state index contributed by atoms with van der Waals surface area (Å²) in [5.74, 6) is 1.88. The molecule has 0 aliphatic heterocycles. The van der Waals surface area contributed by atoms with Crippen LogP contribution in [0, 0.1) is 11.8 Å². The lowest BCUT2D eigenvalue weighted by Gasteiger charge is -2.17. The maximum atomic E-state index is 3.71.